The van der Waals surface area contributed by atoms with Crippen molar-refractivity contribution in [2.75, 3.05) is 51.6 Å². The van der Waals surface area contributed by atoms with Crippen LogP contribution in [-0.2, 0) is 4.74 Å². The molecule has 0 radical (unpaired) electrons. The van der Waals surface area contributed by atoms with Crippen LogP contribution in [0.2, 0.25) is 0 Å². The van der Waals surface area contributed by atoms with Crippen LogP contribution in [0.4, 0.5) is 23.0 Å². The summed E-state index contributed by atoms with van der Waals surface area (Å²) in [6, 6.07) is 10.7. The first-order valence-corrected chi connectivity index (χ1v) is 12.7. The zero-order valence-electron chi connectivity index (χ0n) is 23.4. The standard InChI is InChI=1S/C28H33N7O5.CH4/c1-17(2)40-27(36)20-16-30-28(32-26(20)19-15-29-21-10-8-7-9-18(19)21)31-22-13-24(35(37)38)23(14-25(22)39-6)34(5)12-11-33(3)4;/h7-10,13-17,29H,11-12H2,1-6H3,(H,30,31,32);1H4. The smallest absolute Gasteiger partial charge is 0.342 e. The largest absolute Gasteiger partial charge is 0.494 e. The van der Waals surface area contributed by atoms with Crippen molar-refractivity contribution in [3.63, 3.8) is 0 Å². The number of aromatic amines is 1. The molecule has 2 aromatic carbocycles. The van der Waals surface area contributed by atoms with Gasteiger partial charge in [-0.3, -0.25) is 10.1 Å². The van der Waals surface area contributed by atoms with Gasteiger partial charge in [-0.25, -0.2) is 14.8 Å². The van der Waals surface area contributed by atoms with E-state index in [1.54, 1.807) is 33.2 Å². The highest BCUT2D eigenvalue weighted by atomic mass is 16.6. The number of H-pyrrole nitrogens is 1. The van der Waals surface area contributed by atoms with E-state index in [1.165, 1.54) is 19.4 Å². The average Bonchev–Trinajstić information content (AvgIpc) is 3.35. The van der Waals surface area contributed by atoms with Gasteiger partial charge in [0.15, 0.2) is 0 Å². The van der Waals surface area contributed by atoms with Gasteiger partial charge in [0.2, 0.25) is 5.95 Å². The van der Waals surface area contributed by atoms with E-state index in [2.05, 4.69) is 20.3 Å². The molecule has 0 spiro atoms. The number of nitrogens with zero attached hydrogens (tertiary/aromatic N) is 5. The Bertz CT molecular complexity index is 1530. The number of hydrogen-bond donors (Lipinski definition) is 2. The summed E-state index contributed by atoms with van der Waals surface area (Å²) >= 11 is 0. The predicted octanol–water partition coefficient (Wildman–Crippen LogP) is 5.48. The number of aromatic nitrogens is 3. The summed E-state index contributed by atoms with van der Waals surface area (Å²) in [6.45, 7) is 4.82. The number of anilines is 3. The lowest BCUT2D eigenvalue weighted by atomic mass is 10.1. The molecule has 0 saturated carbocycles. The van der Waals surface area contributed by atoms with E-state index in [9.17, 15) is 14.9 Å². The first-order chi connectivity index (χ1) is 19.1. The normalized spacial score (nSPS) is 10.9. The van der Waals surface area contributed by atoms with Gasteiger partial charge in [-0.15, -0.1) is 0 Å². The summed E-state index contributed by atoms with van der Waals surface area (Å²) in [6.07, 6.45) is 2.83. The number of carbonyl (C=O) groups excluding carboxylic acids is 1. The number of benzene rings is 2. The SMILES string of the molecule is C.COc1cc(N(C)CCN(C)C)c([N+](=O)[O-])cc1Nc1ncc(C(=O)OC(C)C)c(-c2c[nH]c3ccccc23)n1. The minimum atomic E-state index is -0.555. The molecule has 0 aliphatic carbocycles. The van der Waals surface area contributed by atoms with E-state index < -0.39 is 10.9 Å². The van der Waals surface area contributed by atoms with Crippen LogP contribution in [0.25, 0.3) is 22.2 Å². The first kappa shape index (κ1) is 30.8. The minimum absolute atomic E-state index is 0. The Kier molecular flexibility index (Phi) is 9.85. The van der Waals surface area contributed by atoms with Gasteiger partial charge in [-0.2, -0.15) is 0 Å². The molecule has 4 aromatic rings. The summed E-state index contributed by atoms with van der Waals surface area (Å²) in [4.78, 5) is 40.6. The van der Waals surface area contributed by atoms with Gasteiger partial charge in [0, 0.05) is 61.1 Å². The molecule has 0 saturated heterocycles. The number of hydrogen-bond acceptors (Lipinski definition) is 10. The number of ether oxygens (including phenoxy) is 2. The molecule has 0 aliphatic rings. The molecule has 0 aliphatic heterocycles. The maximum Gasteiger partial charge on any atom is 0.342 e. The van der Waals surface area contributed by atoms with E-state index in [-0.39, 0.29) is 30.7 Å². The second kappa shape index (κ2) is 13.1. The third kappa shape index (κ3) is 6.90. The second-order valence-electron chi connectivity index (χ2n) is 9.81. The Balaban J connectivity index is 0.00000462. The molecule has 2 heterocycles. The maximum atomic E-state index is 13.0. The average molecular weight is 564 g/mol. The molecule has 12 nitrogen and oxygen atoms in total. The molecule has 2 aromatic heterocycles. The van der Waals surface area contributed by atoms with Gasteiger partial charge in [-0.05, 0) is 34.0 Å². The fourth-order valence-electron chi connectivity index (χ4n) is 4.21. The highest BCUT2D eigenvalue weighted by molar-refractivity contribution is 6.02. The van der Waals surface area contributed by atoms with Gasteiger partial charge in [-0.1, -0.05) is 25.6 Å². The van der Waals surface area contributed by atoms with Crippen LogP contribution in [-0.4, -0.2) is 78.2 Å². The lowest BCUT2D eigenvalue weighted by Gasteiger charge is -2.22. The van der Waals surface area contributed by atoms with E-state index in [0.717, 1.165) is 10.9 Å². The van der Waals surface area contributed by atoms with E-state index in [4.69, 9.17) is 9.47 Å². The van der Waals surface area contributed by atoms with Crippen LogP contribution in [0.5, 0.6) is 5.75 Å². The van der Waals surface area contributed by atoms with Crippen molar-refractivity contribution in [3.8, 4) is 17.0 Å². The molecular weight excluding hydrogens is 526 g/mol. The predicted molar refractivity (Wildman–Crippen MR) is 161 cm³/mol. The van der Waals surface area contributed by atoms with Crippen molar-refractivity contribution in [3.05, 3.63) is 64.5 Å². The summed E-state index contributed by atoms with van der Waals surface area (Å²) in [5, 5.41) is 15.9. The molecule has 0 unspecified atom stereocenters. The molecule has 12 heteroatoms. The van der Waals surface area contributed by atoms with Crippen LogP contribution >= 0.6 is 0 Å². The Morgan fingerprint density at radius 2 is 1.90 bits per heavy atom. The Labute approximate surface area is 239 Å². The quantitative estimate of drug-likeness (QED) is 0.137. The van der Waals surface area contributed by atoms with Crippen LogP contribution in [0.1, 0.15) is 31.6 Å². The Morgan fingerprint density at radius 3 is 2.56 bits per heavy atom. The zero-order valence-corrected chi connectivity index (χ0v) is 23.4. The summed E-state index contributed by atoms with van der Waals surface area (Å²) in [5.41, 5.74) is 2.74. The Morgan fingerprint density at radius 1 is 1.17 bits per heavy atom. The molecular formula is C29H37N7O5. The van der Waals surface area contributed by atoms with Crippen LogP contribution < -0.4 is 15.0 Å². The zero-order chi connectivity index (χ0) is 29.0. The third-order valence-electron chi connectivity index (χ3n) is 6.23. The number of nitrogens with one attached hydrogen (secondary N) is 2. The number of nitro benzene ring substituents is 1. The van der Waals surface area contributed by atoms with Gasteiger partial charge < -0.3 is 29.6 Å². The maximum absolute atomic E-state index is 13.0. The van der Waals surface area contributed by atoms with Crippen LogP contribution in [0, 0.1) is 10.1 Å². The number of fused-ring (bicyclic) bond motifs is 1. The topological polar surface area (TPSA) is 139 Å². The van der Waals surface area contributed by atoms with Gasteiger partial charge >= 0.3 is 5.97 Å². The summed E-state index contributed by atoms with van der Waals surface area (Å²) < 4.78 is 11.0. The van der Waals surface area contributed by atoms with E-state index in [0.29, 0.717) is 41.5 Å². The number of para-hydroxylation sites is 1. The van der Waals surface area contributed by atoms with E-state index in [1.807, 2.05) is 48.2 Å². The Hall–Kier alpha value is -4.71. The molecule has 0 fully saturated rings. The number of rotatable bonds is 11. The van der Waals surface area contributed by atoms with Gasteiger partial charge in [0.25, 0.3) is 5.69 Å². The molecule has 2 N–H and O–H groups in total. The molecule has 41 heavy (non-hydrogen) atoms. The third-order valence-corrected chi connectivity index (χ3v) is 6.23. The molecule has 0 atom stereocenters. The highest BCUT2D eigenvalue weighted by Gasteiger charge is 2.24. The van der Waals surface area contributed by atoms with Crippen molar-refractivity contribution in [2.24, 2.45) is 0 Å². The summed E-state index contributed by atoms with van der Waals surface area (Å²) in [5.74, 6) is -0.0549. The lowest BCUT2D eigenvalue weighted by molar-refractivity contribution is -0.384. The van der Waals surface area contributed by atoms with Crippen LogP contribution in [0.15, 0.2) is 48.8 Å². The van der Waals surface area contributed by atoms with Crippen molar-refractivity contribution in [1.82, 2.24) is 19.9 Å². The highest BCUT2D eigenvalue weighted by Crippen LogP contribution is 2.39. The number of esters is 1. The van der Waals surface area contributed by atoms with Gasteiger partial charge in [0.1, 0.15) is 17.0 Å². The van der Waals surface area contributed by atoms with Crippen LogP contribution in [0.3, 0.4) is 0 Å². The van der Waals surface area contributed by atoms with E-state index >= 15 is 0 Å². The van der Waals surface area contributed by atoms with Gasteiger partial charge in [0.05, 0.1) is 29.5 Å². The molecule has 218 valence electrons. The fourth-order valence-corrected chi connectivity index (χ4v) is 4.21. The molecule has 0 bridgehead atoms. The monoisotopic (exact) mass is 563 g/mol. The number of carbonyl (C=O) groups is 1. The lowest BCUT2D eigenvalue weighted by Crippen LogP contribution is -2.29. The van der Waals surface area contributed by atoms with Crippen molar-refractivity contribution in [1.29, 1.82) is 0 Å². The molecule has 4 rings (SSSR count). The van der Waals surface area contributed by atoms with Crippen molar-refractivity contribution < 1.29 is 19.2 Å². The molecule has 0 amide bonds. The minimum Gasteiger partial charge on any atom is -0.494 e. The second-order valence-corrected chi connectivity index (χ2v) is 9.81. The summed E-state index contributed by atoms with van der Waals surface area (Å²) in [7, 11) is 7.16. The first-order valence-electron chi connectivity index (χ1n) is 12.7. The van der Waals surface area contributed by atoms with Crippen molar-refractivity contribution >= 4 is 39.9 Å². The van der Waals surface area contributed by atoms with Crippen molar-refractivity contribution in [2.45, 2.75) is 27.4 Å². The number of methoxy groups -OCH3 is 1. The number of likely N-dealkylation sites (N-methyl/N-ethyl adjacent to an activating group) is 2. The number of nitro groups is 1. The fraction of sp³-hybridized carbons (Fsp3) is 0.345.